The highest BCUT2D eigenvalue weighted by Crippen LogP contribution is 2.32. The molecule has 1 N–H and O–H groups in total. The van der Waals surface area contributed by atoms with Gasteiger partial charge >= 0.3 is 0 Å². The van der Waals surface area contributed by atoms with Crippen LogP contribution in [0.1, 0.15) is 27.2 Å². The normalized spacial score (nSPS) is 20.1. The van der Waals surface area contributed by atoms with Crippen molar-refractivity contribution in [1.82, 2.24) is 5.32 Å². The Morgan fingerprint density at radius 1 is 1.42 bits per heavy atom. The van der Waals surface area contributed by atoms with E-state index in [1.54, 1.807) is 0 Å². The molecule has 4 heteroatoms. The fourth-order valence-corrected chi connectivity index (χ4v) is 2.98. The van der Waals surface area contributed by atoms with Crippen molar-refractivity contribution in [2.75, 3.05) is 24.5 Å². The van der Waals surface area contributed by atoms with Crippen molar-refractivity contribution in [3.8, 4) is 0 Å². The third-order valence-corrected chi connectivity index (χ3v) is 4.27. The lowest BCUT2D eigenvalue weighted by Gasteiger charge is -2.24. The molecule has 1 heterocycles. The third-order valence-electron chi connectivity index (χ3n) is 3.46. The molecule has 19 heavy (non-hydrogen) atoms. The second-order valence-electron chi connectivity index (χ2n) is 6.33. The Balaban J connectivity index is 1.96. The van der Waals surface area contributed by atoms with Crippen LogP contribution in [0.5, 0.6) is 0 Å². The average molecular weight is 346 g/mol. The standard InChI is InChI=1S/C15H22BrClN2/c1-15(2,3)18-9-11-6-7-19(10-11)14-8-12(16)4-5-13(14)17/h4-5,8,11,18H,6-7,9-10H2,1-3H3. The molecule has 106 valence electrons. The van der Waals surface area contributed by atoms with Crippen molar-refractivity contribution in [1.29, 1.82) is 0 Å². The molecule has 1 aromatic carbocycles. The predicted octanol–water partition coefficient (Wildman–Crippen LogP) is 4.32. The topological polar surface area (TPSA) is 15.3 Å². The Labute approximate surface area is 129 Å². The van der Waals surface area contributed by atoms with E-state index in [2.05, 4.69) is 53.0 Å². The summed E-state index contributed by atoms with van der Waals surface area (Å²) in [6.45, 7) is 9.89. The maximum absolute atomic E-state index is 6.30. The Morgan fingerprint density at radius 3 is 2.84 bits per heavy atom. The molecule has 0 saturated carbocycles. The van der Waals surface area contributed by atoms with E-state index in [-0.39, 0.29) is 5.54 Å². The van der Waals surface area contributed by atoms with Crippen molar-refractivity contribution in [2.24, 2.45) is 5.92 Å². The molecular weight excluding hydrogens is 324 g/mol. The molecule has 1 fully saturated rings. The first-order valence-electron chi connectivity index (χ1n) is 6.80. The van der Waals surface area contributed by atoms with E-state index in [4.69, 9.17) is 11.6 Å². The van der Waals surface area contributed by atoms with Gasteiger partial charge in [-0.1, -0.05) is 27.5 Å². The number of rotatable bonds is 3. The minimum absolute atomic E-state index is 0.195. The molecule has 1 unspecified atom stereocenters. The van der Waals surface area contributed by atoms with Gasteiger partial charge in [0, 0.05) is 29.6 Å². The second kappa shape index (κ2) is 6.02. The van der Waals surface area contributed by atoms with Crippen LogP contribution in [0.15, 0.2) is 22.7 Å². The number of benzene rings is 1. The van der Waals surface area contributed by atoms with Crippen LogP contribution >= 0.6 is 27.5 Å². The number of nitrogens with zero attached hydrogens (tertiary/aromatic N) is 1. The number of anilines is 1. The summed E-state index contributed by atoms with van der Waals surface area (Å²) in [5, 5.41) is 4.43. The zero-order valence-corrected chi connectivity index (χ0v) is 14.2. The number of hydrogen-bond acceptors (Lipinski definition) is 2. The van der Waals surface area contributed by atoms with Crippen LogP contribution in [-0.4, -0.2) is 25.2 Å². The fraction of sp³-hybridized carbons (Fsp3) is 0.600. The second-order valence-corrected chi connectivity index (χ2v) is 7.65. The highest BCUT2D eigenvalue weighted by molar-refractivity contribution is 9.10. The SMILES string of the molecule is CC(C)(C)NCC1CCN(c2cc(Br)ccc2Cl)C1. The summed E-state index contributed by atoms with van der Waals surface area (Å²) in [5.41, 5.74) is 1.34. The van der Waals surface area contributed by atoms with Crippen LogP contribution in [0.2, 0.25) is 5.02 Å². The van der Waals surface area contributed by atoms with Gasteiger partial charge in [-0.05, 0) is 51.3 Å². The molecule has 0 spiro atoms. The molecule has 1 aliphatic rings. The Hall–Kier alpha value is -0.250. The van der Waals surface area contributed by atoms with Crippen LogP contribution in [0.3, 0.4) is 0 Å². The molecule has 0 radical (unpaired) electrons. The van der Waals surface area contributed by atoms with Crippen LogP contribution in [0, 0.1) is 5.92 Å². The smallest absolute Gasteiger partial charge is 0.0640 e. The van der Waals surface area contributed by atoms with Gasteiger partial charge in [-0.25, -0.2) is 0 Å². The van der Waals surface area contributed by atoms with Crippen LogP contribution in [-0.2, 0) is 0 Å². The zero-order chi connectivity index (χ0) is 14.0. The molecular formula is C15H22BrClN2. The van der Waals surface area contributed by atoms with E-state index in [1.807, 2.05) is 12.1 Å². The molecule has 1 saturated heterocycles. The van der Waals surface area contributed by atoms with Gasteiger partial charge < -0.3 is 10.2 Å². The largest absolute Gasteiger partial charge is 0.370 e. The molecule has 0 aliphatic carbocycles. The number of nitrogens with one attached hydrogen (secondary N) is 1. The summed E-state index contributed by atoms with van der Waals surface area (Å²) in [4.78, 5) is 2.39. The molecule has 1 aromatic rings. The van der Waals surface area contributed by atoms with E-state index in [0.717, 1.165) is 34.8 Å². The number of halogens is 2. The lowest BCUT2D eigenvalue weighted by atomic mass is 10.1. The van der Waals surface area contributed by atoms with Gasteiger partial charge in [0.2, 0.25) is 0 Å². The van der Waals surface area contributed by atoms with Gasteiger partial charge in [-0.2, -0.15) is 0 Å². The summed E-state index contributed by atoms with van der Waals surface area (Å²) in [6, 6.07) is 6.06. The highest BCUT2D eigenvalue weighted by Gasteiger charge is 2.25. The van der Waals surface area contributed by atoms with Crippen molar-refractivity contribution >= 4 is 33.2 Å². The first kappa shape index (κ1) is 15.1. The lowest BCUT2D eigenvalue weighted by Crippen LogP contribution is -2.39. The quantitative estimate of drug-likeness (QED) is 0.878. The van der Waals surface area contributed by atoms with Crippen molar-refractivity contribution in [3.05, 3.63) is 27.7 Å². The number of hydrogen-bond donors (Lipinski definition) is 1. The lowest BCUT2D eigenvalue weighted by molar-refractivity contribution is 0.383. The Morgan fingerprint density at radius 2 is 2.16 bits per heavy atom. The van der Waals surface area contributed by atoms with E-state index in [9.17, 15) is 0 Å². The average Bonchev–Trinajstić information content (AvgIpc) is 2.77. The summed E-state index contributed by atoms with van der Waals surface area (Å²) >= 11 is 9.81. The maximum Gasteiger partial charge on any atom is 0.0640 e. The first-order chi connectivity index (χ1) is 8.85. The van der Waals surface area contributed by atoms with Crippen molar-refractivity contribution in [3.63, 3.8) is 0 Å². The summed E-state index contributed by atoms with van der Waals surface area (Å²) in [6.07, 6.45) is 1.23. The predicted molar refractivity (Wildman–Crippen MR) is 87.2 cm³/mol. The van der Waals surface area contributed by atoms with Gasteiger partial charge in [0.25, 0.3) is 0 Å². The molecule has 2 rings (SSSR count). The summed E-state index contributed by atoms with van der Waals surface area (Å²) in [5.74, 6) is 0.703. The highest BCUT2D eigenvalue weighted by atomic mass is 79.9. The van der Waals surface area contributed by atoms with Crippen molar-refractivity contribution < 1.29 is 0 Å². The Kier molecular flexibility index (Phi) is 4.80. The van der Waals surface area contributed by atoms with E-state index in [0.29, 0.717) is 5.92 Å². The summed E-state index contributed by atoms with van der Waals surface area (Å²) in [7, 11) is 0. The molecule has 0 bridgehead atoms. The van der Waals surface area contributed by atoms with Gasteiger partial charge in [-0.15, -0.1) is 0 Å². The van der Waals surface area contributed by atoms with E-state index < -0.39 is 0 Å². The third kappa shape index (κ3) is 4.37. The zero-order valence-electron chi connectivity index (χ0n) is 11.8. The van der Waals surface area contributed by atoms with Gasteiger partial charge in [0.1, 0.15) is 0 Å². The van der Waals surface area contributed by atoms with Crippen molar-refractivity contribution in [2.45, 2.75) is 32.7 Å². The van der Waals surface area contributed by atoms with E-state index >= 15 is 0 Å². The van der Waals surface area contributed by atoms with E-state index in [1.165, 1.54) is 6.42 Å². The molecule has 0 aromatic heterocycles. The molecule has 0 amide bonds. The van der Waals surface area contributed by atoms with Crippen LogP contribution in [0.4, 0.5) is 5.69 Å². The van der Waals surface area contributed by atoms with Gasteiger partial charge in [0.05, 0.1) is 10.7 Å². The monoisotopic (exact) mass is 344 g/mol. The molecule has 1 aliphatic heterocycles. The van der Waals surface area contributed by atoms with Gasteiger partial charge in [-0.3, -0.25) is 0 Å². The van der Waals surface area contributed by atoms with Crippen LogP contribution < -0.4 is 10.2 Å². The first-order valence-corrected chi connectivity index (χ1v) is 7.97. The minimum atomic E-state index is 0.195. The maximum atomic E-state index is 6.30. The van der Waals surface area contributed by atoms with Gasteiger partial charge in [0.15, 0.2) is 0 Å². The molecule has 2 nitrogen and oxygen atoms in total. The fourth-order valence-electron chi connectivity index (χ4n) is 2.40. The molecule has 1 atom stereocenters. The van der Waals surface area contributed by atoms with Crippen LogP contribution in [0.25, 0.3) is 0 Å². The summed E-state index contributed by atoms with van der Waals surface area (Å²) < 4.78 is 1.09. The minimum Gasteiger partial charge on any atom is -0.370 e. The Bertz CT molecular complexity index is 442.